The Kier molecular flexibility index (Phi) is 7.83. The number of benzene rings is 1. The maximum Gasteiger partial charge on any atom is 0.330 e. The molecule has 134 valence electrons. The molecule has 0 saturated heterocycles. The molecular formula is C15H22N2O6S. The summed E-state index contributed by atoms with van der Waals surface area (Å²) in [6, 6.07) is 6.90. The van der Waals surface area contributed by atoms with Crippen LogP contribution in [0.25, 0.3) is 0 Å². The first-order valence-corrected chi connectivity index (χ1v) is 9.02. The van der Waals surface area contributed by atoms with Crippen molar-refractivity contribution in [2.45, 2.75) is 26.0 Å². The van der Waals surface area contributed by atoms with Crippen molar-refractivity contribution in [2.24, 2.45) is 0 Å². The number of ether oxygens (including phenoxy) is 1. The summed E-state index contributed by atoms with van der Waals surface area (Å²) in [4.78, 5) is 23.1. The lowest BCUT2D eigenvalue weighted by molar-refractivity contribution is -0.141. The second kappa shape index (κ2) is 9.36. The number of carboxylic acid groups (broad SMARTS) is 1. The fourth-order valence-electron chi connectivity index (χ4n) is 1.79. The van der Waals surface area contributed by atoms with Crippen molar-refractivity contribution in [3.63, 3.8) is 0 Å². The second-order valence-corrected chi connectivity index (χ2v) is 7.24. The zero-order valence-electron chi connectivity index (χ0n) is 13.6. The predicted molar refractivity (Wildman–Crippen MR) is 87.8 cm³/mol. The zero-order chi connectivity index (χ0) is 18.2. The molecule has 0 aliphatic heterocycles. The number of sulfonamides is 1. The van der Waals surface area contributed by atoms with Crippen molar-refractivity contribution < 1.29 is 27.9 Å². The lowest BCUT2D eigenvalue weighted by Crippen LogP contribution is -2.41. The van der Waals surface area contributed by atoms with Gasteiger partial charge in [0.25, 0.3) is 0 Å². The summed E-state index contributed by atoms with van der Waals surface area (Å²) in [5, 5.41) is 11.5. The number of nitrogens with one attached hydrogen (secondary N) is 2. The first-order chi connectivity index (χ1) is 11.2. The Balaban J connectivity index is 2.53. The van der Waals surface area contributed by atoms with Gasteiger partial charge >= 0.3 is 5.97 Å². The number of hydrogen-bond donors (Lipinski definition) is 3. The molecule has 0 radical (unpaired) electrons. The van der Waals surface area contributed by atoms with Gasteiger partial charge in [0.05, 0.1) is 25.0 Å². The molecule has 1 rings (SSSR count). The van der Waals surface area contributed by atoms with Crippen molar-refractivity contribution in [3.8, 4) is 0 Å². The largest absolute Gasteiger partial charge is 0.479 e. The van der Waals surface area contributed by atoms with Crippen LogP contribution in [0.2, 0.25) is 0 Å². The van der Waals surface area contributed by atoms with E-state index in [4.69, 9.17) is 4.74 Å². The van der Waals surface area contributed by atoms with E-state index in [1.165, 1.54) is 0 Å². The summed E-state index contributed by atoms with van der Waals surface area (Å²) < 4.78 is 30.7. The number of hydrogen-bond acceptors (Lipinski definition) is 5. The van der Waals surface area contributed by atoms with Crippen LogP contribution >= 0.6 is 0 Å². The molecule has 0 aliphatic rings. The molecule has 0 bridgehead atoms. The average Bonchev–Trinajstić information content (AvgIpc) is 2.50. The molecule has 0 saturated carbocycles. The van der Waals surface area contributed by atoms with Crippen molar-refractivity contribution >= 4 is 21.9 Å². The van der Waals surface area contributed by atoms with Crippen LogP contribution in [-0.2, 0) is 24.3 Å². The highest BCUT2D eigenvalue weighted by Gasteiger charge is 2.22. The van der Waals surface area contributed by atoms with Crippen molar-refractivity contribution in [1.82, 2.24) is 10.0 Å². The molecule has 3 N–H and O–H groups in total. The number of aliphatic carboxylic acids is 1. The lowest BCUT2D eigenvalue weighted by Gasteiger charge is -2.15. The van der Waals surface area contributed by atoms with E-state index in [1.54, 1.807) is 44.2 Å². The Morgan fingerprint density at radius 1 is 1.21 bits per heavy atom. The second-order valence-electron chi connectivity index (χ2n) is 5.31. The van der Waals surface area contributed by atoms with E-state index in [9.17, 15) is 23.1 Å². The first-order valence-electron chi connectivity index (χ1n) is 7.37. The van der Waals surface area contributed by atoms with E-state index in [0.717, 1.165) is 0 Å². The Morgan fingerprint density at radius 2 is 1.83 bits per heavy atom. The van der Waals surface area contributed by atoms with E-state index in [2.05, 4.69) is 10.0 Å². The fourth-order valence-corrected chi connectivity index (χ4v) is 2.60. The quantitative estimate of drug-likeness (QED) is 0.552. The normalized spacial score (nSPS) is 12.8. The van der Waals surface area contributed by atoms with Crippen LogP contribution in [0.5, 0.6) is 0 Å². The summed E-state index contributed by atoms with van der Waals surface area (Å²) in [6.45, 7) is 3.03. The molecule has 0 heterocycles. The Hall–Kier alpha value is -1.97. The van der Waals surface area contributed by atoms with Gasteiger partial charge in [0.2, 0.25) is 15.9 Å². The minimum Gasteiger partial charge on any atom is -0.479 e. The van der Waals surface area contributed by atoms with Crippen molar-refractivity contribution in [1.29, 1.82) is 0 Å². The van der Waals surface area contributed by atoms with Crippen LogP contribution in [0, 0.1) is 0 Å². The summed E-state index contributed by atoms with van der Waals surface area (Å²) >= 11 is 0. The highest BCUT2D eigenvalue weighted by atomic mass is 32.2. The maximum absolute atomic E-state index is 11.8. The van der Waals surface area contributed by atoms with Crippen LogP contribution in [0.15, 0.2) is 30.3 Å². The van der Waals surface area contributed by atoms with Gasteiger partial charge in [0.15, 0.2) is 6.04 Å². The molecule has 0 aliphatic carbocycles. The molecular weight excluding hydrogens is 336 g/mol. The first kappa shape index (κ1) is 20.1. The van der Waals surface area contributed by atoms with Crippen LogP contribution in [0.4, 0.5) is 0 Å². The Morgan fingerprint density at radius 3 is 2.38 bits per heavy atom. The average molecular weight is 358 g/mol. The molecule has 0 aromatic heterocycles. The van der Waals surface area contributed by atoms with Gasteiger partial charge in [0, 0.05) is 0 Å². The summed E-state index contributed by atoms with van der Waals surface area (Å²) in [5.74, 6) is -2.25. The molecule has 0 unspecified atom stereocenters. The molecule has 1 aromatic carbocycles. The smallest absolute Gasteiger partial charge is 0.330 e. The fraction of sp³-hybridized carbons (Fsp3) is 0.467. The highest BCUT2D eigenvalue weighted by Crippen LogP contribution is 2.12. The van der Waals surface area contributed by atoms with E-state index in [0.29, 0.717) is 5.56 Å². The third-order valence-electron chi connectivity index (χ3n) is 2.94. The zero-order valence-corrected chi connectivity index (χ0v) is 14.4. The van der Waals surface area contributed by atoms with Crippen molar-refractivity contribution in [3.05, 3.63) is 35.9 Å². The molecule has 24 heavy (non-hydrogen) atoms. The predicted octanol–water partition coefficient (Wildman–Crippen LogP) is 0.273. The molecule has 0 fully saturated rings. The lowest BCUT2D eigenvalue weighted by atomic mass is 10.1. The van der Waals surface area contributed by atoms with Crippen LogP contribution in [-0.4, -0.2) is 50.4 Å². The minimum absolute atomic E-state index is 0.0103. The van der Waals surface area contributed by atoms with Gasteiger partial charge in [-0.25, -0.2) is 17.9 Å². The number of rotatable bonds is 10. The molecule has 1 aromatic rings. The molecule has 1 amide bonds. The van der Waals surface area contributed by atoms with Gasteiger partial charge < -0.3 is 15.2 Å². The van der Waals surface area contributed by atoms with Gasteiger partial charge in [-0.3, -0.25) is 4.79 Å². The van der Waals surface area contributed by atoms with Crippen LogP contribution in [0.3, 0.4) is 0 Å². The van der Waals surface area contributed by atoms with E-state index in [-0.39, 0.29) is 18.5 Å². The van der Waals surface area contributed by atoms with Gasteiger partial charge in [0.1, 0.15) is 0 Å². The minimum atomic E-state index is -3.68. The van der Waals surface area contributed by atoms with Gasteiger partial charge in [-0.15, -0.1) is 0 Å². The number of carbonyl (C=O) groups is 2. The van der Waals surface area contributed by atoms with E-state index >= 15 is 0 Å². The summed E-state index contributed by atoms with van der Waals surface area (Å²) in [6.07, 6.45) is -0.0919. The summed E-state index contributed by atoms with van der Waals surface area (Å²) in [5.41, 5.74) is 0.395. The number of carbonyl (C=O) groups excluding carboxylic acids is 1. The topological polar surface area (TPSA) is 122 Å². The standard InChI is InChI=1S/C15H22N2O6S/c1-11(2)23-8-9-24(21,22)16-10-13(18)17-14(15(19)20)12-6-4-3-5-7-12/h3-7,11,14,16H,8-10H2,1-2H3,(H,17,18)(H,19,20)/t14-/m0/s1. The number of amides is 1. The SMILES string of the molecule is CC(C)OCCS(=O)(=O)NCC(=O)N[C@H](C(=O)O)c1ccccc1. The maximum atomic E-state index is 11.8. The molecule has 0 spiro atoms. The van der Waals surface area contributed by atoms with Crippen molar-refractivity contribution in [2.75, 3.05) is 18.9 Å². The van der Waals surface area contributed by atoms with Gasteiger partial charge in [-0.1, -0.05) is 30.3 Å². The van der Waals surface area contributed by atoms with Gasteiger partial charge in [-0.05, 0) is 19.4 Å². The Labute approximate surface area is 141 Å². The van der Waals surface area contributed by atoms with E-state index in [1.807, 2.05) is 0 Å². The third-order valence-corrected chi connectivity index (χ3v) is 4.23. The Bertz CT molecular complexity index is 645. The number of carboxylic acids is 1. The molecule has 9 heteroatoms. The monoisotopic (exact) mass is 358 g/mol. The van der Waals surface area contributed by atoms with Crippen LogP contribution < -0.4 is 10.0 Å². The molecule has 1 atom stereocenters. The molecule has 8 nitrogen and oxygen atoms in total. The third kappa shape index (κ3) is 7.53. The van der Waals surface area contributed by atoms with Crippen LogP contribution in [0.1, 0.15) is 25.5 Å². The van der Waals surface area contributed by atoms with E-state index < -0.39 is 34.5 Å². The summed E-state index contributed by atoms with van der Waals surface area (Å²) in [7, 11) is -3.68. The highest BCUT2D eigenvalue weighted by molar-refractivity contribution is 7.89. The van der Waals surface area contributed by atoms with Gasteiger partial charge in [-0.2, -0.15) is 0 Å².